The maximum absolute atomic E-state index is 12.4. The average molecular weight is 282 g/mol. The Morgan fingerprint density at radius 1 is 1.25 bits per heavy atom. The van der Waals surface area contributed by atoms with Crippen molar-refractivity contribution in [1.82, 2.24) is 10.2 Å². The molecule has 2 N–H and O–H groups in total. The average Bonchev–Trinajstić information content (AvgIpc) is 2.93. The molecule has 1 saturated carbocycles. The molecule has 0 aromatic heterocycles. The summed E-state index contributed by atoms with van der Waals surface area (Å²) < 4.78 is 0. The van der Waals surface area contributed by atoms with Crippen molar-refractivity contribution in [2.75, 3.05) is 13.2 Å². The van der Waals surface area contributed by atoms with Gasteiger partial charge in [-0.3, -0.25) is 9.69 Å². The fraction of sp³-hybridized carbons (Fsp3) is 0.938. The van der Waals surface area contributed by atoms with Gasteiger partial charge < -0.3 is 10.4 Å². The van der Waals surface area contributed by atoms with Crippen molar-refractivity contribution in [3.05, 3.63) is 0 Å². The summed E-state index contributed by atoms with van der Waals surface area (Å²) in [6.45, 7) is 3.32. The second-order valence-electron chi connectivity index (χ2n) is 6.42. The van der Waals surface area contributed by atoms with E-state index in [1.165, 1.54) is 32.1 Å². The minimum atomic E-state index is -0.0249. The van der Waals surface area contributed by atoms with Crippen LogP contribution >= 0.6 is 0 Å². The number of aliphatic hydroxyl groups excluding tert-OH is 1. The predicted molar refractivity (Wildman–Crippen MR) is 80.5 cm³/mol. The van der Waals surface area contributed by atoms with Crippen LogP contribution in [0.4, 0.5) is 0 Å². The first-order valence-corrected chi connectivity index (χ1v) is 8.39. The first kappa shape index (κ1) is 15.8. The zero-order valence-electron chi connectivity index (χ0n) is 12.8. The van der Waals surface area contributed by atoms with Gasteiger partial charge in [-0.25, -0.2) is 0 Å². The lowest BCUT2D eigenvalue weighted by Gasteiger charge is -2.32. The Morgan fingerprint density at radius 3 is 2.70 bits per heavy atom. The second-order valence-corrected chi connectivity index (χ2v) is 6.42. The van der Waals surface area contributed by atoms with E-state index in [-0.39, 0.29) is 18.6 Å². The number of carbonyl (C=O) groups is 1. The summed E-state index contributed by atoms with van der Waals surface area (Å²) >= 11 is 0. The van der Waals surface area contributed by atoms with E-state index in [4.69, 9.17) is 5.11 Å². The number of hydrogen-bond acceptors (Lipinski definition) is 3. The maximum atomic E-state index is 12.4. The zero-order chi connectivity index (χ0) is 14.4. The van der Waals surface area contributed by atoms with Gasteiger partial charge in [0, 0.05) is 18.7 Å². The molecular weight excluding hydrogens is 252 g/mol. The van der Waals surface area contributed by atoms with Crippen LogP contribution in [0.2, 0.25) is 0 Å². The van der Waals surface area contributed by atoms with Crippen LogP contribution in [0.15, 0.2) is 0 Å². The lowest BCUT2D eigenvalue weighted by atomic mass is 9.95. The minimum Gasteiger partial charge on any atom is -0.396 e. The second kappa shape index (κ2) is 7.99. The summed E-state index contributed by atoms with van der Waals surface area (Å²) in [5.41, 5.74) is 0. The quantitative estimate of drug-likeness (QED) is 0.784. The molecule has 2 atom stereocenters. The first-order chi connectivity index (χ1) is 9.72. The molecule has 1 heterocycles. The van der Waals surface area contributed by atoms with E-state index in [1.54, 1.807) is 0 Å². The summed E-state index contributed by atoms with van der Waals surface area (Å²) in [6.07, 6.45) is 10.3. The number of aliphatic hydroxyl groups is 1. The largest absolute Gasteiger partial charge is 0.396 e. The summed E-state index contributed by atoms with van der Waals surface area (Å²) in [5, 5.41) is 12.2. The molecule has 0 spiro atoms. The minimum absolute atomic E-state index is 0.0249. The first-order valence-electron chi connectivity index (χ1n) is 8.39. The molecule has 20 heavy (non-hydrogen) atoms. The highest BCUT2D eigenvalue weighted by Gasteiger charge is 2.32. The molecular formula is C16H30N2O2. The van der Waals surface area contributed by atoms with Gasteiger partial charge in [0.15, 0.2) is 0 Å². The molecule has 0 aromatic carbocycles. The Balaban J connectivity index is 1.81. The molecule has 4 heteroatoms. The molecule has 0 radical (unpaired) electrons. The fourth-order valence-corrected chi connectivity index (χ4v) is 3.72. The van der Waals surface area contributed by atoms with Crippen LogP contribution in [0.3, 0.4) is 0 Å². The molecule has 2 rings (SSSR count). The Morgan fingerprint density at radius 2 is 2.00 bits per heavy atom. The third-order valence-electron chi connectivity index (χ3n) is 4.95. The van der Waals surface area contributed by atoms with Gasteiger partial charge in [-0.2, -0.15) is 0 Å². The number of carbonyl (C=O) groups excluding carboxylic acids is 1. The third-order valence-corrected chi connectivity index (χ3v) is 4.95. The van der Waals surface area contributed by atoms with Gasteiger partial charge in [-0.15, -0.1) is 0 Å². The van der Waals surface area contributed by atoms with Gasteiger partial charge >= 0.3 is 0 Å². The number of likely N-dealkylation sites (tertiary alicyclic amines) is 1. The molecule has 2 unspecified atom stereocenters. The normalized spacial score (nSPS) is 26.6. The summed E-state index contributed by atoms with van der Waals surface area (Å²) in [6, 6.07) is 0.856. The molecule has 1 saturated heterocycles. The van der Waals surface area contributed by atoms with E-state index in [0.717, 1.165) is 32.2 Å². The topological polar surface area (TPSA) is 52.6 Å². The number of nitrogens with zero attached hydrogens (tertiary/aromatic N) is 1. The lowest BCUT2D eigenvalue weighted by molar-refractivity contribution is -0.127. The number of amides is 1. The van der Waals surface area contributed by atoms with Gasteiger partial charge in [0.25, 0.3) is 0 Å². The van der Waals surface area contributed by atoms with Crippen molar-refractivity contribution in [2.45, 2.75) is 82.8 Å². The molecule has 1 amide bonds. The highest BCUT2D eigenvalue weighted by atomic mass is 16.3. The van der Waals surface area contributed by atoms with Gasteiger partial charge in [0.1, 0.15) is 0 Å². The molecule has 4 nitrogen and oxygen atoms in total. The predicted octanol–water partition coefficient (Wildman–Crippen LogP) is 2.06. The van der Waals surface area contributed by atoms with Crippen molar-refractivity contribution in [3.8, 4) is 0 Å². The van der Waals surface area contributed by atoms with Crippen LogP contribution in [0.1, 0.15) is 64.7 Å². The van der Waals surface area contributed by atoms with E-state index in [2.05, 4.69) is 10.2 Å². The van der Waals surface area contributed by atoms with Gasteiger partial charge in [0.2, 0.25) is 5.91 Å². The Hall–Kier alpha value is -0.610. The SMILES string of the molecule is CC(C(=O)NC1CCCCC1)N1CCCC1CCCO. The number of hydrogen-bond donors (Lipinski definition) is 2. The smallest absolute Gasteiger partial charge is 0.237 e. The molecule has 116 valence electrons. The number of rotatable bonds is 6. The molecule has 0 bridgehead atoms. The lowest BCUT2D eigenvalue weighted by Crippen LogP contribution is -2.50. The van der Waals surface area contributed by atoms with Crippen molar-refractivity contribution in [1.29, 1.82) is 0 Å². The molecule has 2 fully saturated rings. The zero-order valence-corrected chi connectivity index (χ0v) is 12.8. The maximum Gasteiger partial charge on any atom is 0.237 e. The third kappa shape index (κ3) is 4.19. The summed E-state index contributed by atoms with van der Waals surface area (Å²) in [4.78, 5) is 14.8. The monoisotopic (exact) mass is 282 g/mol. The Labute approximate surface area is 122 Å². The van der Waals surface area contributed by atoms with Crippen LogP contribution in [0, 0.1) is 0 Å². The van der Waals surface area contributed by atoms with Crippen LogP contribution in [0.25, 0.3) is 0 Å². The van der Waals surface area contributed by atoms with E-state index >= 15 is 0 Å². The van der Waals surface area contributed by atoms with Crippen LogP contribution < -0.4 is 5.32 Å². The Kier molecular flexibility index (Phi) is 6.30. The van der Waals surface area contributed by atoms with Crippen LogP contribution in [-0.4, -0.2) is 47.2 Å². The van der Waals surface area contributed by atoms with Crippen LogP contribution in [-0.2, 0) is 4.79 Å². The van der Waals surface area contributed by atoms with E-state index in [1.807, 2.05) is 6.92 Å². The molecule has 1 aliphatic carbocycles. The van der Waals surface area contributed by atoms with Crippen molar-refractivity contribution in [3.63, 3.8) is 0 Å². The van der Waals surface area contributed by atoms with E-state index < -0.39 is 0 Å². The Bertz CT molecular complexity index is 303. The highest BCUT2D eigenvalue weighted by molar-refractivity contribution is 5.81. The fourth-order valence-electron chi connectivity index (χ4n) is 3.72. The summed E-state index contributed by atoms with van der Waals surface area (Å²) in [7, 11) is 0. The van der Waals surface area contributed by atoms with E-state index in [0.29, 0.717) is 12.1 Å². The molecule has 2 aliphatic rings. The van der Waals surface area contributed by atoms with Gasteiger partial charge in [-0.05, 0) is 52.0 Å². The van der Waals surface area contributed by atoms with E-state index in [9.17, 15) is 4.79 Å². The van der Waals surface area contributed by atoms with Gasteiger partial charge in [0.05, 0.1) is 6.04 Å². The summed E-state index contributed by atoms with van der Waals surface area (Å²) in [5.74, 6) is 0.202. The molecule has 1 aliphatic heterocycles. The number of nitrogens with one attached hydrogen (secondary N) is 1. The van der Waals surface area contributed by atoms with Crippen LogP contribution in [0.5, 0.6) is 0 Å². The van der Waals surface area contributed by atoms with Crippen molar-refractivity contribution in [2.24, 2.45) is 0 Å². The van der Waals surface area contributed by atoms with Crippen molar-refractivity contribution >= 4 is 5.91 Å². The molecule has 0 aromatic rings. The van der Waals surface area contributed by atoms with Gasteiger partial charge in [-0.1, -0.05) is 19.3 Å². The highest BCUT2D eigenvalue weighted by Crippen LogP contribution is 2.24. The van der Waals surface area contributed by atoms with Crippen molar-refractivity contribution < 1.29 is 9.90 Å². The standard InChI is InChI=1S/C16H30N2O2/c1-13(16(20)17-14-7-3-2-4-8-14)18-11-5-9-15(18)10-6-12-19/h13-15,19H,2-12H2,1H3,(H,17,20).